The van der Waals surface area contributed by atoms with Gasteiger partial charge in [0, 0.05) is 12.2 Å². The highest BCUT2D eigenvalue weighted by Gasteiger charge is 2.19. The van der Waals surface area contributed by atoms with Gasteiger partial charge in [0.2, 0.25) is 0 Å². The Morgan fingerprint density at radius 1 is 1.33 bits per heavy atom. The van der Waals surface area contributed by atoms with Crippen LogP contribution >= 0.6 is 0 Å². The molecular weight excluding hydrogens is 266 g/mol. The summed E-state index contributed by atoms with van der Waals surface area (Å²) < 4.78 is 5.61. The van der Waals surface area contributed by atoms with E-state index in [1.165, 1.54) is 17.7 Å². The van der Waals surface area contributed by atoms with Crippen molar-refractivity contribution in [2.45, 2.75) is 32.7 Å². The Labute approximate surface area is 124 Å². The third-order valence-corrected chi connectivity index (χ3v) is 4.00. The van der Waals surface area contributed by atoms with Crippen molar-refractivity contribution in [1.29, 1.82) is 0 Å². The Hall–Kier alpha value is -2.23. The van der Waals surface area contributed by atoms with Crippen LogP contribution < -0.4 is 4.90 Å². The number of carboxylic acid groups (broad SMARTS) is 1. The molecule has 4 heteroatoms. The highest BCUT2D eigenvalue weighted by molar-refractivity contribution is 5.88. The molecule has 0 bridgehead atoms. The van der Waals surface area contributed by atoms with Gasteiger partial charge in [-0.15, -0.1) is 0 Å². The predicted octanol–water partition coefficient (Wildman–Crippen LogP) is 3.63. The van der Waals surface area contributed by atoms with Crippen LogP contribution in [0.25, 0.3) is 0 Å². The molecule has 2 aromatic rings. The second kappa shape index (κ2) is 5.64. The van der Waals surface area contributed by atoms with Gasteiger partial charge in [0.25, 0.3) is 0 Å². The average Bonchev–Trinajstić information content (AvgIpc) is 2.71. The maximum absolute atomic E-state index is 11.1. The van der Waals surface area contributed by atoms with Gasteiger partial charge in [-0.3, -0.25) is 0 Å². The number of para-hydroxylation sites is 1. The van der Waals surface area contributed by atoms with E-state index in [0.29, 0.717) is 18.1 Å². The molecule has 1 aliphatic rings. The number of carboxylic acids is 1. The molecule has 4 nitrogen and oxygen atoms in total. The zero-order chi connectivity index (χ0) is 14.8. The van der Waals surface area contributed by atoms with Crippen LogP contribution in [-0.4, -0.2) is 17.6 Å². The van der Waals surface area contributed by atoms with Crippen LogP contribution in [0.1, 0.15) is 40.3 Å². The van der Waals surface area contributed by atoms with Crippen molar-refractivity contribution >= 4 is 11.7 Å². The fraction of sp³-hybridized carbons (Fsp3) is 0.353. The molecular formula is C17H19NO3. The van der Waals surface area contributed by atoms with Gasteiger partial charge in [0.05, 0.1) is 6.54 Å². The minimum Gasteiger partial charge on any atom is -0.478 e. The standard InChI is InChI=1S/C17H19NO3/c1-12-15(17(19)20)10-14(21-12)11-18-9-5-4-7-13-6-2-3-8-16(13)18/h2-3,6,8,10H,4-5,7,9,11H2,1H3,(H,19,20). The molecule has 3 rings (SSSR count). The van der Waals surface area contributed by atoms with Crippen LogP contribution in [0, 0.1) is 6.92 Å². The van der Waals surface area contributed by atoms with E-state index in [0.717, 1.165) is 19.4 Å². The quantitative estimate of drug-likeness (QED) is 0.935. The van der Waals surface area contributed by atoms with Crippen LogP contribution in [0.2, 0.25) is 0 Å². The zero-order valence-corrected chi connectivity index (χ0v) is 12.1. The molecule has 0 saturated heterocycles. The zero-order valence-electron chi connectivity index (χ0n) is 12.1. The summed E-state index contributed by atoms with van der Waals surface area (Å²) in [6, 6.07) is 10.1. The largest absolute Gasteiger partial charge is 0.478 e. The summed E-state index contributed by atoms with van der Waals surface area (Å²) in [5.74, 6) is 0.251. The van der Waals surface area contributed by atoms with E-state index in [2.05, 4.69) is 23.1 Å². The van der Waals surface area contributed by atoms with E-state index in [1.54, 1.807) is 13.0 Å². The molecule has 0 radical (unpaired) electrons. The number of benzene rings is 1. The smallest absolute Gasteiger partial charge is 0.339 e. The molecule has 1 aromatic carbocycles. The lowest BCUT2D eigenvalue weighted by Gasteiger charge is -2.23. The van der Waals surface area contributed by atoms with Crippen LogP contribution in [0.5, 0.6) is 0 Å². The van der Waals surface area contributed by atoms with E-state index >= 15 is 0 Å². The van der Waals surface area contributed by atoms with Crippen molar-refractivity contribution in [2.75, 3.05) is 11.4 Å². The number of furan rings is 1. The molecule has 0 unspecified atom stereocenters. The van der Waals surface area contributed by atoms with Crippen molar-refractivity contribution in [1.82, 2.24) is 0 Å². The van der Waals surface area contributed by atoms with Crippen molar-refractivity contribution in [2.24, 2.45) is 0 Å². The highest BCUT2D eigenvalue weighted by atomic mass is 16.4. The predicted molar refractivity (Wildman–Crippen MR) is 80.8 cm³/mol. The minimum absolute atomic E-state index is 0.258. The summed E-state index contributed by atoms with van der Waals surface area (Å²) in [5.41, 5.74) is 2.85. The number of anilines is 1. The van der Waals surface area contributed by atoms with Gasteiger partial charge in [0.1, 0.15) is 17.1 Å². The van der Waals surface area contributed by atoms with Crippen molar-refractivity contribution < 1.29 is 14.3 Å². The maximum atomic E-state index is 11.1. The molecule has 110 valence electrons. The number of rotatable bonds is 3. The second-order valence-electron chi connectivity index (χ2n) is 5.50. The van der Waals surface area contributed by atoms with Gasteiger partial charge in [-0.05, 0) is 43.9 Å². The Balaban J connectivity index is 1.87. The van der Waals surface area contributed by atoms with Crippen molar-refractivity contribution in [3.8, 4) is 0 Å². The first-order valence-corrected chi connectivity index (χ1v) is 7.30. The Morgan fingerprint density at radius 3 is 2.90 bits per heavy atom. The SMILES string of the molecule is Cc1oc(CN2CCCCc3ccccc32)cc1C(=O)O. The Kier molecular flexibility index (Phi) is 3.69. The van der Waals surface area contributed by atoms with Gasteiger partial charge in [0.15, 0.2) is 0 Å². The summed E-state index contributed by atoms with van der Waals surface area (Å²) in [4.78, 5) is 13.4. The third-order valence-electron chi connectivity index (χ3n) is 4.00. The molecule has 1 aliphatic heterocycles. The van der Waals surface area contributed by atoms with E-state index in [-0.39, 0.29) is 5.56 Å². The minimum atomic E-state index is -0.932. The van der Waals surface area contributed by atoms with E-state index < -0.39 is 5.97 Å². The number of hydrogen-bond acceptors (Lipinski definition) is 3. The van der Waals surface area contributed by atoms with Gasteiger partial charge in [-0.2, -0.15) is 0 Å². The Morgan fingerprint density at radius 2 is 2.14 bits per heavy atom. The molecule has 0 fully saturated rings. The van der Waals surface area contributed by atoms with Crippen LogP contribution in [-0.2, 0) is 13.0 Å². The fourth-order valence-electron chi connectivity index (χ4n) is 2.96. The molecule has 0 saturated carbocycles. The monoisotopic (exact) mass is 285 g/mol. The highest BCUT2D eigenvalue weighted by Crippen LogP contribution is 2.28. The molecule has 2 heterocycles. The van der Waals surface area contributed by atoms with Gasteiger partial charge in [-0.1, -0.05) is 18.2 Å². The first kappa shape index (κ1) is 13.7. The van der Waals surface area contributed by atoms with E-state index in [1.807, 2.05) is 6.07 Å². The van der Waals surface area contributed by atoms with Crippen LogP contribution in [0.15, 0.2) is 34.7 Å². The molecule has 0 amide bonds. The number of aromatic carboxylic acids is 1. The van der Waals surface area contributed by atoms with Gasteiger partial charge >= 0.3 is 5.97 Å². The summed E-state index contributed by atoms with van der Waals surface area (Å²) in [6.07, 6.45) is 3.43. The Bertz CT molecular complexity index is 660. The first-order chi connectivity index (χ1) is 10.1. The van der Waals surface area contributed by atoms with Crippen LogP contribution in [0.3, 0.4) is 0 Å². The average molecular weight is 285 g/mol. The first-order valence-electron chi connectivity index (χ1n) is 7.30. The summed E-state index contributed by atoms with van der Waals surface area (Å²) in [7, 11) is 0. The van der Waals surface area contributed by atoms with Gasteiger partial charge in [-0.25, -0.2) is 4.79 Å². The molecule has 0 atom stereocenters. The topological polar surface area (TPSA) is 53.7 Å². The van der Waals surface area contributed by atoms with Crippen LogP contribution in [0.4, 0.5) is 5.69 Å². The number of carbonyl (C=O) groups is 1. The summed E-state index contributed by atoms with van der Waals surface area (Å²) >= 11 is 0. The third kappa shape index (κ3) is 2.79. The lowest BCUT2D eigenvalue weighted by atomic mass is 10.1. The molecule has 1 N–H and O–H groups in total. The maximum Gasteiger partial charge on any atom is 0.339 e. The van der Waals surface area contributed by atoms with Crippen molar-refractivity contribution in [3.05, 3.63) is 53.0 Å². The summed E-state index contributed by atoms with van der Waals surface area (Å²) in [5, 5.41) is 9.11. The number of aryl methyl sites for hydroxylation is 2. The lowest BCUT2D eigenvalue weighted by molar-refractivity contribution is 0.0695. The lowest BCUT2D eigenvalue weighted by Crippen LogP contribution is -2.23. The summed E-state index contributed by atoms with van der Waals surface area (Å²) in [6.45, 7) is 3.29. The van der Waals surface area contributed by atoms with Gasteiger partial charge < -0.3 is 14.4 Å². The fourth-order valence-corrected chi connectivity index (χ4v) is 2.96. The molecule has 1 aromatic heterocycles. The van der Waals surface area contributed by atoms with E-state index in [9.17, 15) is 4.79 Å². The second-order valence-corrected chi connectivity index (χ2v) is 5.50. The number of fused-ring (bicyclic) bond motifs is 1. The van der Waals surface area contributed by atoms with E-state index in [4.69, 9.17) is 9.52 Å². The number of nitrogens with zero attached hydrogens (tertiary/aromatic N) is 1. The normalized spacial score (nSPS) is 14.6. The molecule has 0 spiro atoms. The number of hydrogen-bond donors (Lipinski definition) is 1. The van der Waals surface area contributed by atoms with Crippen molar-refractivity contribution in [3.63, 3.8) is 0 Å². The molecule has 0 aliphatic carbocycles. The molecule has 21 heavy (non-hydrogen) atoms.